The number of aryl methyl sites for hydroxylation is 2. The number of carbonyl (C=O) groups is 1. The molecule has 2 aromatic rings. The lowest BCUT2D eigenvalue weighted by atomic mass is 10.2. The zero-order valence-electron chi connectivity index (χ0n) is 11.6. The summed E-state index contributed by atoms with van der Waals surface area (Å²) in [7, 11) is 0. The summed E-state index contributed by atoms with van der Waals surface area (Å²) in [5.74, 6) is 0.679. The highest BCUT2D eigenvalue weighted by molar-refractivity contribution is 5.88. The first-order chi connectivity index (χ1) is 9.63. The Labute approximate surface area is 128 Å². The Morgan fingerprint density at radius 3 is 2.57 bits per heavy atom. The molecule has 1 heterocycles. The van der Waals surface area contributed by atoms with Gasteiger partial charge in [-0.3, -0.25) is 0 Å². The SMILES string of the molecule is Cc1nc2c(c(Nc3ccc(C(=O)O)cc3)n1)CCC2.Cl. The quantitative estimate of drug-likeness (QED) is 0.911. The van der Waals surface area contributed by atoms with Crippen LogP contribution in [-0.4, -0.2) is 21.0 Å². The number of fused-ring (bicyclic) bond motifs is 1. The third kappa shape index (κ3) is 3.13. The van der Waals surface area contributed by atoms with E-state index >= 15 is 0 Å². The number of rotatable bonds is 3. The number of carboxylic acids is 1. The molecule has 0 unspecified atom stereocenters. The van der Waals surface area contributed by atoms with Crippen molar-refractivity contribution in [3.8, 4) is 0 Å². The van der Waals surface area contributed by atoms with E-state index in [0.29, 0.717) is 0 Å². The molecular weight excluding hydrogens is 290 g/mol. The van der Waals surface area contributed by atoms with Crippen LogP contribution in [0.2, 0.25) is 0 Å². The summed E-state index contributed by atoms with van der Waals surface area (Å²) < 4.78 is 0. The van der Waals surface area contributed by atoms with Gasteiger partial charge in [-0.2, -0.15) is 0 Å². The normalized spacial score (nSPS) is 12.4. The van der Waals surface area contributed by atoms with Crippen molar-refractivity contribution in [1.82, 2.24) is 9.97 Å². The number of benzene rings is 1. The molecule has 0 fully saturated rings. The second-order valence-electron chi connectivity index (χ2n) is 4.91. The Morgan fingerprint density at radius 2 is 1.90 bits per heavy atom. The van der Waals surface area contributed by atoms with Crippen molar-refractivity contribution in [3.63, 3.8) is 0 Å². The molecule has 0 saturated carbocycles. The fourth-order valence-corrected chi connectivity index (χ4v) is 2.49. The van der Waals surface area contributed by atoms with Crippen LogP contribution in [0, 0.1) is 6.92 Å². The molecule has 0 atom stereocenters. The van der Waals surface area contributed by atoms with Crippen LogP contribution >= 0.6 is 12.4 Å². The molecule has 0 amide bonds. The molecule has 0 spiro atoms. The molecule has 0 aliphatic heterocycles. The average molecular weight is 306 g/mol. The third-order valence-corrected chi connectivity index (χ3v) is 3.44. The van der Waals surface area contributed by atoms with Crippen molar-refractivity contribution < 1.29 is 9.90 Å². The minimum Gasteiger partial charge on any atom is -0.478 e. The average Bonchev–Trinajstić information content (AvgIpc) is 2.87. The molecule has 0 bridgehead atoms. The van der Waals surface area contributed by atoms with Crippen LogP contribution in [-0.2, 0) is 12.8 Å². The Kier molecular flexibility index (Phi) is 4.43. The number of halogens is 1. The minimum atomic E-state index is -0.921. The highest BCUT2D eigenvalue weighted by Gasteiger charge is 2.18. The van der Waals surface area contributed by atoms with Crippen LogP contribution < -0.4 is 5.32 Å². The van der Waals surface area contributed by atoms with Gasteiger partial charge in [-0.1, -0.05) is 0 Å². The zero-order valence-corrected chi connectivity index (χ0v) is 12.4. The van der Waals surface area contributed by atoms with Gasteiger partial charge in [0.05, 0.1) is 5.56 Å². The van der Waals surface area contributed by atoms with Gasteiger partial charge in [0.15, 0.2) is 0 Å². The van der Waals surface area contributed by atoms with Gasteiger partial charge in [-0.25, -0.2) is 14.8 Å². The van der Waals surface area contributed by atoms with Gasteiger partial charge in [-0.05, 0) is 50.5 Å². The molecule has 1 aromatic heterocycles. The van der Waals surface area contributed by atoms with E-state index in [4.69, 9.17) is 5.11 Å². The van der Waals surface area contributed by atoms with E-state index in [9.17, 15) is 4.79 Å². The number of anilines is 2. The second-order valence-corrected chi connectivity index (χ2v) is 4.91. The summed E-state index contributed by atoms with van der Waals surface area (Å²) in [6.45, 7) is 1.89. The topological polar surface area (TPSA) is 75.1 Å². The van der Waals surface area contributed by atoms with Crippen molar-refractivity contribution in [3.05, 3.63) is 46.9 Å². The number of hydrogen-bond donors (Lipinski definition) is 2. The van der Waals surface area contributed by atoms with Gasteiger partial charge >= 0.3 is 5.97 Å². The van der Waals surface area contributed by atoms with Gasteiger partial charge in [0.2, 0.25) is 0 Å². The fraction of sp³-hybridized carbons (Fsp3) is 0.267. The molecule has 0 saturated heterocycles. The molecule has 21 heavy (non-hydrogen) atoms. The zero-order chi connectivity index (χ0) is 14.1. The Hall–Kier alpha value is -2.14. The second kappa shape index (κ2) is 6.10. The molecular formula is C15H16ClN3O2. The predicted octanol–water partition coefficient (Wildman–Crippen LogP) is 3.14. The van der Waals surface area contributed by atoms with Crippen molar-refractivity contribution >= 4 is 29.9 Å². The molecule has 1 aliphatic carbocycles. The monoisotopic (exact) mass is 305 g/mol. The van der Waals surface area contributed by atoms with E-state index in [1.165, 1.54) is 5.56 Å². The Bertz CT molecular complexity index is 671. The summed E-state index contributed by atoms with van der Waals surface area (Å²) in [5.41, 5.74) is 3.42. The van der Waals surface area contributed by atoms with Crippen LogP contribution in [0.15, 0.2) is 24.3 Å². The molecule has 5 nitrogen and oxygen atoms in total. The van der Waals surface area contributed by atoms with E-state index in [1.807, 2.05) is 6.92 Å². The summed E-state index contributed by atoms with van der Waals surface area (Å²) >= 11 is 0. The summed E-state index contributed by atoms with van der Waals surface area (Å²) in [6.07, 6.45) is 3.11. The molecule has 1 aromatic carbocycles. The summed E-state index contributed by atoms with van der Waals surface area (Å²) in [5, 5.41) is 12.2. The first-order valence-corrected chi connectivity index (χ1v) is 6.60. The molecule has 1 aliphatic rings. The van der Waals surface area contributed by atoms with Crippen LogP contribution in [0.5, 0.6) is 0 Å². The van der Waals surface area contributed by atoms with Crippen LogP contribution in [0.25, 0.3) is 0 Å². The molecule has 3 rings (SSSR count). The number of hydrogen-bond acceptors (Lipinski definition) is 4. The number of nitrogens with one attached hydrogen (secondary N) is 1. The third-order valence-electron chi connectivity index (χ3n) is 3.44. The number of aromatic nitrogens is 2. The Morgan fingerprint density at radius 1 is 1.19 bits per heavy atom. The van der Waals surface area contributed by atoms with Gasteiger partial charge in [0.25, 0.3) is 0 Å². The number of nitrogens with zero attached hydrogens (tertiary/aromatic N) is 2. The number of aromatic carboxylic acids is 1. The van der Waals surface area contributed by atoms with E-state index in [2.05, 4.69) is 15.3 Å². The lowest BCUT2D eigenvalue weighted by molar-refractivity contribution is 0.0697. The maximum atomic E-state index is 10.8. The van der Waals surface area contributed by atoms with Crippen LogP contribution in [0.1, 0.15) is 33.9 Å². The predicted molar refractivity (Wildman–Crippen MR) is 82.7 cm³/mol. The maximum absolute atomic E-state index is 10.8. The lowest BCUT2D eigenvalue weighted by Gasteiger charge is -2.11. The molecule has 0 radical (unpaired) electrons. The van der Waals surface area contributed by atoms with Gasteiger partial charge < -0.3 is 10.4 Å². The molecule has 110 valence electrons. The summed E-state index contributed by atoms with van der Waals surface area (Å²) in [6, 6.07) is 6.67. The maximum Gasteiger partial charge on any atom is 0.335 e. The molecule has 2 N–H and O–H groups in total. The first-order valence-electron chi connectivity index (χ1n) is 6.60. The smallest absolute Gasteiger partial charge is 0.335 e. The van der Waals surface area contributed by atoms with Crippen LogP contribution in [0.3, 0.4) is 0 Å². The van der Waals surface area contributed by atoms with Gasteiger partial charge in [0.1, 0.15) is 11.6 Å². The lowest BCUT2D eigenvalue weighted by Crippen LogP contribution is -2.04. The van der Waals surface area contributed by atoms with Gasteiger partial charge in [-0.15, -0.1) is 12.4 Å². The fourth-order valence-electron chi connectivity index (χ4n) is 2.49. The minimum absolute atomic E-state index is 0. The summed E-state index contributed by atoms with van der Waals surface area (Å²) in [4.78, 5) is 19.8. The standard InChI is InChI=1S/C15H15N3O2.ClH/c1-9-16-13-4-2-3-12(13)14(17-9)18-11-7-5-10(6-8-11)15(19)20;/h5-8H,2-4H2,1H3,(H,19,20)(H,16,17,18);1H. The van der Waals surface area contributed by atoms with E-state index in [-0.39, 0.29) is 18.0 Å². The first kappa shape index (κ1) is 15.3. The molecule has 6 heteroatoms. The van der Waals surface area contributed by atoms with Crippen molar-refractivity contribution in [2.75, 3.05) is 5.32 Å². The highest BCUT2D eigenvalue weighted by atomic mass is 35.5. The van der Waals surface area contributed by atoms with Gasteiger partial charge in [0, 0.05) is 16.9 Å². The number of carboxylic acid groups (broad SMARTS) is 1. The van der Waals surface area contributed by atoms with E-state index < -0.39 is 5.97 Å². The van der Waals surface area contributed by atoms with E-state index in [0.717, 1.165) is 42.3 Å². The van der Waals surface area contributed by atoms with Crippen molar-refractivity contribution in [2.45, 2.75) is 26.2 Å². The largest absolute Gasteiger partial charge is 0.478 e. The van der Waals surface area contributed by atoms with Crippen molar-refractivity contribution in [2.24, 2.45) is 0 Å². The highest BCUT2D eigenvalue weighted by Crippen LogP contribution is 2.28. The van der Waals surface area contributed by atoms with Crippen LogP contribution in [0.4, 0.5) is 11.5 Å². The Balaban J connectivity index is 0.00000161. The van der Waals surface area contributed by atoms with E-state index in [1.54, 1.807) is 24.3 Å². The van der Waals surface area contributed by atoms with Crippen molar-refractivity contribution in [1.29, 1.82) is 0 Å².